The molecule has 6 heteroatoms. The fourth-order valence-corrected chi connectivity index (χ4v) is 4.54. The minimum atomic E-state index is -0.346. The number of benzene rings is 1. The maximum Gasteiger partial charge on any atom is 0.428 e. The molecule has 28 heavy (non-hydrogen) atoms. The zero-order valence-electron chi connectivity index (χ0n) is 17.0. The number of carbonyl (C=O) groups is 2. The normalized spacial score (nSPS) is 25.3. The van der Waals surface area contributed by atoms with Crippen LogP contribution in [0.4, 0.5) is 4.79 Å². The Labute approximate surface area is 168 Å². The molecular weight excluding hydrogens is 354 g/mol. The maximum atomic E-state index is 12.3. The summed E-state index contributed by atoms with van der Waals surface area (Å²) < 4.78 is 0. The number of nitrogens with one attached hydrogen (secondary N) is 1. The van der Waals surface area contributed by atoms with Gasteiger partial charge >= 0.3 is 6.09 Å². The number of amides is 1. The highest BCUT2D eigenvalue weighted by Gasteiger charge is 2.43. The third-order valence-electron chi connectivity index (χ3n) is 6.37. The molecule has 1 saturated heterocycles. The van der Waals surface area contributed by atoms with Crippen molar-refractivity contribution in [3.63, 3.8) is 0 Å². The molecule has 1 aromatic rings. The number of nitrogens with zero attached hydrogens (tertiary/aromatic N) is 2. The first-order valence-electron chi connectivity index (χ1n) is 10.5. The predicted octanol–water partition coefficient (Wildman–Crippen LogP) is 3.23. The summed E-state index contributed by atoms with van der Waals surface area (Å²) in [6.07, 6.45) is 4.94. The minimum absolute atomic E-state index is 0.0541. The molecule has 0 bridgehead atoms. The molecule has 1 aliphatic heterocycles. The molecule has 2 fully saturated rings. The first-order chi connectivity index (χ1) is 13.6. The van der Waals surface area contributed by atoms with Crippen molar-refractivity contribution >= 4 is 12.4 Å². The highest BCUT2D eigenvalue weighted by molar-refractivity contribution is 5.67. The van der Waals surface area contributed by atoms with Crippen LogP contribution in [0.5, 0.6) is 0 Å². The molecule has 1 heterocycles. The minimum Gasteiger partial charge on any atom is -0.353 e. The highest BCUT2D eigenvalue weighted by atomic mass is 16.7. The quantitative estimate of drug-likeness (QED) is 0.400. The van der Waals surface area contributed by atoms with Gasteiger partial charge in [0, 0.05) is 45.2 Å². The molecule has 6 nitrogen and oxygen atoms in total. The number of fused-ring (bicyclic) bond motifs is 1. The summed E-state index contributed by atoms with van der Waals surface area (Å²) >= 11 is 0. The van der Waals surface area contributed by atoms with E-state index in [2.05, 4.69) is 40.7 Å². The van der Waals surface area contributed by atoms with Gasteiger partial charge in [-0.2, -0.15) is 0 Å². The van der Waals surface area contributed by atoms with Crippen molar-refractivity contribution < 1.29 is 14.4 Å². The first-order valence-corrected chi connectivity index (χ1v) is 10.5. The Hall–Kier alpha value is -1.92. The van der Waals surface area contributed by atoms with E-state index in [9.17, 15) is 9.59 Å². The van der Waals surface area contributed by atoms with Crippen LogP contribution in [0.3, 0.4) is 0 Å². The Kier molecular flexibility index (Phi) is 7.45. The summed E-state index contributed by atoms with van der Waals surface area (Å²) in [5, 5.41) is 0. The summed E-state index contributed by atoms with van der Waals surface area (Å²) in [5.74, 6) is 1.21. The first kappa shape index (κ1) is 20.8. The lowest BCUT2D eigenvalue weighted by Gasteiger charge is -2.26. The Morgan fingerprint density at radius 3 is 2.86 bits per heavy atom. The number of unbranched alkanes of at least 4 members (excludes halogenated alkanes) is 1. The van der Waals surface area contributed by atoms with E-state index in [1.54, 1.807) is 11.9 Å². The average molecular weight is 388 g/mol. The number of hydrogen-bond donors (Lipinski definition) is 1. The fraction of sp³-hybridized carbons (Fsp3) is 0.636. The summed E-state index contributed by atoms with van der Waals surface area (Å²) in [4.78, 5) is 32.3. The Morgan fingerprint density at radius 1 is 1.32 bits per heavy atom. The lowest BCUT2D eigenvalue weighted by molar-refractivity contribution is -0.107. The van der Waals surface area contributed by atoms with E-state index in [0.29, 0.717) is 18.3 Å². The van der Waals surface area contributed by atoms with Crippen LogP contribution in [0.1, 0.15) is 44.6 Å². The van der Waals surface area contributed by atoms with Gasteiger partial charge in [0.1, 0.15) is 6.29 Å². The lowest BCUT2D eigenvalue weighted by atomic mass is 9.98. The van der Waals surface area contributed by atoms with Crippen LogP contribution < -0.4 is 5.48 Å². The van der Waals surface area contributed by atoms with Crippen LogP contribution in [0, 0.1) is 11.8 Å². The summed E-state index contributed by atoms with van der Waals surface area (Å²) in [6.45, 7) is 5.14. The number of rotatable bonds is 9. The summed E-state index contributed by atoms with van der Waals surface area (Å²) in [5.41, 5.74) is 4.42. The van der Waals surface area contributed by atoms with Crippen molar-refractivity contribution in [1.82, 2.24) is 15.3 Å². The average Bonchev–Trinajstić information content (AvgIpc) is 3.26. The number of carbonyl (C=O) groups excluding carboxylic acids is 2. The Morgan fingerprint density at radius 2 is 2.11 bits per heavy atom. The largest absolute Gasteiger partial charge is 0.428 e. The van der Waals surface area contributed by atoms with Gasteiger partial charge in [0.05, 0.1) is 0 Å². The molecule has 3 rings (SSSR count). The molecule has 2 aliphatic rings. The van der Waals surface area contributed by atoms with E-state index in [0.717, 1.165) is 45.2 Å². The van der Waals surface area contributed by atoms with Crippen LogP contribution in [-0.2, 0) is 16.2 Å². The van der Waals surface area contributed by atoms with Crippen molar-refractivity contribution in [3.05, 3.63) is 35.9 Å². The van der Waals surface area contributed by atoms with Gasteiger partial charge in [-0.05, 0) is 50.0 Å². The van der Waals surface area contributed by atoms with E-state index in [-0.39, 0.29) is 18.2 Å². The Balaban J connectivity index is 1.43. The van der Waals surface area contributed by atoms with Crippen LogP contribution in [0.25, 0.3) is 0 Å². The monoisotopic (exact) mass is 387 g/mol. The molecule has 1 aliphatic carbocycles. The van der Waals surface area contributed by atoms with Gasteiger partial charge in [-0.25, -0.2) is 4.79 Å². The molecule has 154 valence electrons. The molecule has 0 unspecified atom stereocenters. The topological polar surface area (TPSA) is 61.9 Å². The second-order valence-corrected chi connectivity index (χ2v) is 8.33. The van der Waals surface area contributed by atoms with Crippen molar-refractivity contribution in [3.8, 4) is 0 Å². The van der Waals surface area contributed by atoms with E-state index < -0.39 is 0 Å². The van der Waals surface area contributed by atoms with Crippen molar-refractivity contribution in [2.75, 3.05) is 20.1 Å². The van der Waals surface area contributed by atoms with E-state index in [1.165, 1.54) is 12.0 Å². The number of hydrogen-bond acceptors (Lipinski definition) is 5. The second kappa shape index (κ2) is 10.0. The predicted molar refractivity (Wildman–Crippen MR) is 108 cm³/mol. The molecule has 1 N–H and O–H groups in total. The molecule has 1 aromatic carbocycles. The van der Waals surface area contributed by atoms with Crippen molar-refractivity contribution in [2.45, 2.75) is 57.7 Å². The number of hydroxylamine groups is 1. The zero-order chi connectivity index (χ0) is 19.9. The molecule has 1 saturated carbocycles. The summed E-state index contributed by atoms with van der Waals surface area (Å²) in [6, 6.07) is 10.9. The number of aldehydes is 1. The standard InChI is InChI=1S/C22H33N3O3/c1-17(8-6-7-13-26)24(2)22(27)28-23-21-12-11-19-15-25(16-20(19)21)14-18-9-4-3-5-10-18/h3-5,9-10,13,17,19-21,23H,6-8,11-12,14-16H2,1-2H3/t17-,19+,20-,21-/m0/s1. The van der Waals surface area contributed by atoms with Gasteiger partial charge in [-0.1, -0.05) is 30.3 Å². The van der Waals surface area contributed by atoms with Crippen LogP contribution in [0.15, 0.2) is 30.3 Å². The molecule has 1 amide bonds. The summed E-state index contributed by atoms with van der Waals surface area (Å²) in [7, 11) is 1.75. The maximum absolute atomic E-state index is 12.3. The van der Waals surface area contributed by atoms with Gasteiger partial charge in [-0.3, -0.25) is 4.90 Å². The highest BCUT2D eigenvalue weighted by Crippen LogP contribution is 2.38. The van der Waals surface area contributed by atoms with E-state index in [1.807, 2.05) is 6.92 Å². The SMILES string of the molecule is C[C@@H](CCCC=O)N(C)C(=O)ON[C@H]1CC[C@@H]2CN(Cc3ccccc3)C[C@@H]21. The van der Waals surface area contributed by atoms with Crippen molar-refractivity contribution in [1.29, 1.82) is 0 Å². The van der Waals surface area contributed by atoms with E-state index in [4.69, 9.17) is 4.84 Å². The van der Waals surface area contributed by atoms with Gasteiger partial charge in [0.25, 0.3) is 0 Å². The van der Waals surface area contributed by atoms with Gasteiger partial charge in [0.15, 0.2) is 0 Å². The fourth-order valence-electron chi connectivity index (χ4n) is 4.54. The second-order valence-electron chi connectivity index (χ2n) is 8.33. The third-order valence-corrected chi connectivity index (χ3v) is 6.37. The molecule has 0 spiro atoms. The smallest absolute Gasteiger partial charge is 0.353 e. The van der Waals surface area contributed by atoms with E-state index >= 15 is 0 Å². The molecule has 4 atom stereocenters. The Bertz CT molecular complexity index is 639. The molecule has 0 aromatic heterocycles. The van der Waals surface area contributed by atoms with Gasteiger partial charge in [0.2, 0.25) is 0 Å². The van der Waals surface area contributed by atoms with Crippen LogP contribution in [0.2, 0.25) is 0 Å². The van der Waals surface area contributed by atoms with Gasteiger partial charge in [-0.15, -0.1) is 5.48 Å². The third kappa shape index (κ3) is 5.32. The van der Waals surface area contributed by atoms with Gasteiger partial charge < -0.3 is 14.5 Å². The zero-order valence-corrected chi connectivity index (χ0v) is 17.0. The van der Waals surface area contributed by atoms with Crippen LogP contribution >= 0.6 is 0 Å². The van der Waals surface area contributed by atoms with Crippen LogP contribution in [-0.4, -0.2) is 54.4 Å². The number of likely N-dealkylation sites (tertiary alicyclic amines) is 1. The van der Waals surface area contributed by atoms with Crippen molar-refractivity contribution in [2.24, 2.45) is 11.8 Å². The molecular formula is C22H33N3O3. The lowest BCUT2D eigenvalue weighted by Crippen LogP contribution is -2.43. The molecule has 0 radical (unpaired) electrons.